The maximum absolute atomic E-state index is 12.2. The number of carbonyl (C=O) groups excluding carboxylic acids is 1. The first-order valence-electron chi connectivity index (χ1n) is 8.14. The summed E-state index contributed by atoms with van der Waals surface area (Å²) >= 11 is 0. The summed E-state index contributed by atoms with van der Waals surface area (Å²) in [5, 5.41) is 13.9. The molecule has 1 saturated heterocycles. The molecule has 7 heteroatoms. The molecule has 1 fully saturated rings. The van der Waals surface area contributed by atoms with Crippen LogP contribution >= 0.6 is 0 Å². The van der Waals surface area contributed by atoms with Crippen LogP contribution in [-0.4, -0.2) is 62.7 Å². The van der Waals surface area contributed by atoms with Crippen LogP contribution in [0.25, 0.3) is 0 Å². The minimum absolute atomic E-state index is 0.153. The Hall–Kier alpha value is -1.47. The Morgan fingerprint density at radius 3 is 2.43 bits per heavy atom. The van der Waals surface area contributed by atoms with Gasteiger partial charge in [0.25, 0.3) is 5.91 Å². The minimum atomic E-state index is -1.32. The predicted molar refractivity (Wildman–Crippen MR) is 85.8 cm³/mol. The summed E-state index contributed by atoms with van der Waals surface area (Å²) < 4.78 is 5.32. The monoisotopic (exact) mass is 324 g/mol. The zero-order valence-corrected chi connectivity index (χ0v) is 14.8. The number of carbonyl (C=O) groups is 1. The van der Waals surface area contributed by atoms with E-state index in [-0.39, 0.29) is 11.3 Å². The molecule has 2 rings (SSSR count). The molecule has 23 heavy (non-hydrogen) atoms. The zero-order valence-electron chi connectivity index (χ0n) is 14.8. The molecule has 1 amide bonds. The number of aliphatic hydroxyl groups is 1. The zero-order chi connectivity index (χ0) is 17.3. The summed E-state index contributed by atoms with van der Waals surface area (Å²) in [5.41, 5.74) is -1.47. The van der Waals surface area contributed by atoms with Crippen molar-refractivity contribution in [3.05, 3.63) is 11.7 Å². The molecule has 0 unspecified atom stereocenters. The number of hydrogen-bond donors (Lipinski definition) is 1. The molecule has 1 aromatic heterocycles. The third kappa shape index (κ3) is 4.75. The number of amides is 1. The summed E-state index contributed by atoms with van der Waals surface area (Å²) in [6, 6.07) is 0. The first-order chi connectivity index (χ1) is 10.6. The second-order valence-corrected chi connectivity index (χ2v) is 7.75. The molecule has 2 heterocycles. The Morgan fingerprint density at radius 1 is 1.17 bits per heavy atom. The normalized spacial score (nSPS) is 18.1. The smallest absolute Gasteiger partial charge is 0.253 e. The first kappa shape index (κ1) is 17.9. The standard InChI is InChI=1S/C16H28N4O3/c1-15(2,3)13-17-12(18-23-13)11-19-7-6-8-20(10-9-19)14(21)16(4,5)22/h22H,6-11H2,1-5H3. The van der Waals surface area contributed by atoms with Crippen LogP contribution in [-0.2, 0) is 16.8 Å². The molecule has 0 radical (unpaired) electrons. The van der Waals surface area contributed by atoms with Gasteiger partial charge in [-0.3, -0.25) is 9.69 Å². The van der Waals surface area contributed by atoms with Crippen molar-refractivity contribution < 1.29 is 14.4 Å². The van der Waals surface area contributed by atoms with E-state index in [1.165, 1.54) is 13.8 Å². The third-order valence-electron chi connectivity index (χ3n) is 3.87. The van der Waals surface area contributed by atoms with Gasteiger partial charge in [-0.15, -0.1) is 0 Å². The molecule has 1 aliphatic heterocycles. The van der Waals surface area contributed by atoms with Gasteiger partial charge >= 0.3 is 0 Å². The van der Waals surface area contributed by atoms with Crippen LogP contribution in [0.4, 0.5) is 0 Å². The van der Waals surface area contributed by atoms with E-state index in [9.17, 15) is 9.90 Å². The van der Waals surface area contributed by atoms with Crippen LogP contribution in [0, 0.1) is 0 Å². The second kappa shape index (κ2) is 6.57. The van der Waals surface area contributed by atoms with Gasteiger partial charge in [0, 0.05) is 31.6 Å². The Labute approximate surface area is 137 Å². The lowest BCUT2D eigenvalue weighted by Gasteiger charge is -2.27. The van der Waals surface area contributed by atoms with E-state index >= 15 is 0 Å². The number of nitrogens with zero attached hydrogens (tertiary/aromatic N) is 4. The van der Waals surface area contributed by atoms with E-state index < -0.39 is 5.60 Å². The van der Waals surface area contributed by atoms with Crippen LogP contribution in [0.15, 0.2) is 4.52 Å². The Bertz CT molecular complexity index is 542. The van der Waals surface area contributed by atoms with Gasteiger partial charge in [0.1, 0.15) is 5.60 Å². The SMILES string of the molecule is CC(C)(O)C(=O)N1CCCN(Cc2noc(C(C)(C)C)n2)CC1. The fourth-order valence-electron chi connectivity index (χ4n) is 2.54. The highest BCUT2D eigenvalue weighted by Gasteiger charge is 2.30. The summed E-state index contributed by atoms with van der Waals surface area (Å²) in [7, 11) is 0. The highest BCUT2D eigenvalue weighted by atomic mass is 16.5. The van der Waals surface area contributed by atoms with E-state index in [0.717, 1.165) is 19.5 Å². The molecule has 0 atom stereocenters. The number of hydrogen-bond acceptors (Lipinski definition) is 6. The Morgan fingerprint density at radius 2 is 1.87 bits per heavy atom. The molecule has 0 aromatic carbocycles. The van der Waals surface area contributed by atoms with E-state index in [0.29, 0.717) is 31.3 Å². The van der Waals surface area contributed by atoms with Gasteiger partial charge < -0.3 is 14.5 Å². The van der Waals surface area contributed by atoms with Gasteiger partial charge in [0.2, 0.25) is 5.89 Å². The predicted octanol–water partition coefficient (Wildman–Crippen LogP) is 1.17. The van der Waals surface area contributed by atoms with Crippen LogP contribution < -0.4 is 0 Å². The van der Waals surface area contributed by atoms with Crippen molar-refractivity contribution >= 4 is 5.91 Å². The lowest BCUT2D eigenvalue weighted by molar-refractivity contribution is -0.147. The lowest BCUT2D eigenvalue weighted by Crippen LogP contribution is -2.46. The van der Waals surface area contributed by atoms with Crippen molar-refractivity contribution in [3.63, 3.8) is 0 Å². The van der Waals surface area contributed by atoms with E-state index in [2.05, 4.69) is 15.0 Å². The second-order valence-electron chi connectivity index (χ2n) is 7.75. The van der Waals surface area contributed by atoms with Crippen molar-refractivity contribution in [3.8, 4) is 0 Å². The average Bonchev–Trinajstić information content (AvgIpc) is 2.77. The van der Waals surface area contributed by atoms with E-state index in [1.54, 1.807) is 4.90 Å². The molecule has 1 aromatic rings. The fraction of sp³-hybridized carbons (Fsp3) is 0.812. The summed E-state index contributed by atoms with van der Waals surface area (Å²) in [6.07, 6.45) is 0.867. The Kier molecular flexibility index (Phi) is 5.10. The van der Waals surface area contributed by atoms with Crippen LogP contribution in [0.1, 0.15) is 52.8 Å². The first-order valence-corrected chi connectivity index (χ1v) is 8.14. The van der Waals surface area contributed by atoms with Gasteiger partial charge in [-0.05, 0) is 20.3 Å². The van der Waals surface area contributed by atoms with Gasteiger partial charge in [0.15, 0.2) is 5.82 Å². The molecule has 0 aliphatic carbocycles. The molecule has 0 spiro atoms. The van der Waals surface area contributed by atoms with Crippen molar-refractivity contribution in [2.24, 2.45) is 0 Å². The molecule has 130 valence electrons. The number of rotatable bonds is 3. The molecule has 0 bridgehead atoms. The average molecular weight is 324 g/mol. The van der Waals surface area contributed by atoms with Crippen molar-refractivity contribution in [2.75, 3.05) is 26.2 Å². The maximum atomic E-state index is 12.2. The van der Waals surface area contributed by atoms with E-state index in [1.807, 2.05) is 20.8 Å². The summed E-state index contributed by atoms with van der Waals surface area (Å²) in [5.74, 6) is 1.10. The highest BCUT2D eigenvalue weighted by Crippen LogP contribution is 2.20. The molecule has 7 nitrogen and oxygen atoms in total. The number of aromatic nitrogens is 2. The van der Waals surface area contributed by atoms with Crippen LogP contribution in [0.2, 0.25) is 0 Å². The third-order valence-corrected chi connectivity index (χ3v) is 3.87. The molecule has 1 N–H and O–H groups in total. The van der Waals surface area contributed by atoms with Gasteiger partial charge in [0.05, 0.1) is 6.54 Å². The van der Waals surface area contributed by atoms with Gasteiger partial charge in [-0.25, -0.2) is 0 Å². The van der Waals surface area contributed by atoms with Gasteiger partial charge in [-0.1, -0.05) is 25.9 Å². The summed E-state index contributed by atoms with van der Waals surface area (Å²) in [4.78, 5) is 20.6. The minimum Gasteiger partial charge on any atom is -0.381 e. The quantitative estimate of drug-likeness (QED) is 0.899. The highest BCUT2D eigenvalue weighted by molar-refractivity contribution is 5.84. The Balaban J connectivity index is 1.94. The topological polar surface area (TPSA) is 82.7 Å². The van der Waals surface area contributed by atoms with E-state index in [4.69, 9.17) is 4.52 Å². The molecule has 0 saturated carbocycles. The summed E-state index contributed by atoms with van der Waals surface area (Å²) in [6.45, 7) is 12.7. The molecular formula is C16H28N4O3. The van der Waals surface area contributed by atoms with Crippen molar-refractivity contribution in [2.45, 2.75) is 58.6 Å². The van der Waals surface area contributed by atoms with Crippen molar-refractivity contribution in [1.29, 1.82) is 0 Å². The van der Waals surface area contributed by atoms with Crippen LogP contribution in [0.3, 0.4) is 0 Å². The van der Waals surface area contributed by atoms with Gasteiger partial charge in [-0.2, -0.15) is 4.98 Å². The molecule has 1 aliphatic rings. The largest absolute Gasteiger partial charge is 0.381 e. The van der Waals surface area contributed by atoms with Crippen LogP contribution in [0.5, 0.6) is 0 Å². The van der Waals surface area contributed by atoms with Crippen molar-refractivity contribution in [1.82, 2.24) is 19.9 Å². The molecular weight excluding hydrogens is 296 g/mol. The fourth-order valence-corrected chi connectivity index (χ4v) is 2.54. The maximum Gasteiger partial charge on any atom is 0.253 e. The lowest BCUT2D eigenvalue weighted by atomic mass is 9.97.